The zero-order valence-corrected chi connectivity index (χ0v) is 18.5. The number of hydrogen-bond donors (Lipinski definition) is 2. The van der Waals surface area contributed by atoms with E-state index in [1.54, 1.807) is 24.4 Å². The van der Waals surface area contributed by atoms with E-state index in [1.165, 1.54) is 0 Å². The molecule has 2 N–H and O–H groups in total. The molecule has 10 heteroatoms. The van der Waals surface area contributed by atoms with Gasteiger partial charge in [0.2, 0.25) is 11.8 Å². The monoisotopic (exact) mass is 443 g/mol. The Bertz CT molecular complexity index is 1190. The van der Waals surface area contributed by atoms with E-state index >= 15 is 0 Å². The predicted octanol–water partition coefficient (Wildman–Crippen LogP) is 3.83. The van der Waals surface area contributed by atoms with Gasteiger partial charge in [0.05, 0.1) is 15.8 Å². The number of aryl methyl sites for hydroxylation is 2. The summed E-state index contributed by atoms with van der Waals surface area (Å²) in [5, 5.41) is 9.69. The highest BCUT2D eigenvalue weighted by Gasteiger charge is 2.29. The summed E-state index contributed by atoms with van der Waals surface area (Å²) in [6, 6.07) is 6.89. The molecule has 1 aliphatic heterocycles. The Balaban J connectivity index is 1.56. The van der Waals surface area contributed by atoms with Gasteiger partial charge in [0, 0.05) is 30.7 Å². The largest absolute Gasteiger partial charge is 0.381 e. The maximum Gasteiger partial charge on any atom is 0.233 e. The Morgan fingerprint density at radius 1 is 1.06 bits per heavy atom. The number of hydrogen-bond acceptors (Lipinski definition) is 9. The first-order chi connectivity index (χ1) is 14.8. The summed E-state index contributed by atoms with van der Waals surface area (Å²) in [4.78, 5) is 8.97. The maximum atomic E-state index is 13.1. The van der Waals surface area contributed by atoms with Crippen molar-refractivity contribution in [3.05, 3.63) is 47.3 Å². The SMILES string of the molecule is Cc1cc(Nc2nccc(Nc3onc(C)c3C)n2)cc(S(=O)(=O)C2CCOCC2)c1. The highest BCUT2D eigenvalue weighted by molar-refractivity contribution is 7.92. The summed E-state index contributed by atoms with van der Waals surface area (Å²) in [5.41, 5.74) is 3.13. The molecule has 0 amide bonds. The Labute approximate surface area is 181 Å². The van der Waals surface area contributed by atoms with Crippen molar-refractivity contribution in [2.75, 3.05) is 23.8 Å². The standard InChI is InChI=1S/C21H25N5O4S/c1-13-10-16(12-18(11-13)31(27,28)17-5-8-29-9-6-17)23-21-22-7-4-19(25-21)24-20-14(2)15(3)26-30-20/h4,7,10-12,17H,5-6,8-9H2,1-3H3,(H2,22,23,24,25). The Hall–Kier alpha value is -2.98. The summed E-state index contributed by atoms with van der Waals surface area (Å²) < 4.78 is 36.8. The molecule has 0 bridgehead atoms. The minimum Gasteiger partial charge on any atom is -0.381 e. The molecule has 0 spiro atoms. The van der Waals surface area contributed by atoms with E-state index in [1.807, 2.05) is 26.8 Å². The molecule has 164 valence electrons. The van der Waals surface area contributed by atoms with Crippen molar-refractivity contribution in [2.24, 2.45) is 0 Å². The number of benzene rings is 1. The van der Waals surface area contributed by atoms with Gasteiger partial charge in [-0.15, -0.1) is 0 Å². The molecule has 3 aromatic rings. The molecule has 1 aromatic carbocycles. The van der Waals surface area contributed by atoms with Crippen LogP contribution in [0.5, 0.6) is 0 Å². The fraction of sp³-hybridized carbons (Fsp3) is 0.381. The summed E-state index contributed by atoms with van der Waals surface area (Å²) >= 11 is 0. The number of nitrogens with zero attached hydrogens (tertiary/aromatic N) is 3. The third-order valence-corrected chi connectivity index (χ3v) is 7.54. The quantitative estimate of drug-likeness (QED) is 0.585. The fourth-order valence-corrected chi connectivity index (χ4v) is 5.27. The number of nitrogens with one attached hydrogen (secondary N) is 2. The van der Waals surface area contributed by atoms with Crippen LogP contribution in [0.2, 0.25) is 0 Å². The van der Waals surface area contributed by atoms with Gasteiger partial charge in [-0.25, -0.2) is 13.4 Å². The van der Waals surface area contributed by atoms with Gasteiger partial charge in [0.1, 0.15) is 5.82 Å². The van der Waals surface area contributed by atoms with E-state index in [9.17, 15) is 8.42 Å². The molecule has 3 heterocycles. The normalized spacial score (nSPS) is 15.1. The predicted molar refractivity (Wildman–Crippen MR) is 117 cm³/mol. The molecular weight excluding hydrogens is 418 g/mol. The smallest absolute Gasteiger partial charge is 0.233 e. The number of aromatic nitrogens is 3. The zero-order chi connectivity index (χ0) is 22.0. The third kappa shape index (κ3) is 4.70. The van der Waals surface area contributed by atoms with E-state index in [4.69, 9.17) is 9.26 Å². The zero-order valence-electron chi connectivity index (χ0n) is 17.7. The van der Waals surface area contributed by atoms with Gasteiger partial charge in [0.25, 0.3) is 0 Å². The first-order valence-corrected chi connectivity index (χ1v) is 11.6. The molecule has 0 unspecified atom stereocenters. The second-order valence-corrected chi connectivity index (χ2v) is 9.86. The van der Waals surface area contributed by atoms with Gasteiger partial charge in [-0.2, -0.15) is 4.98 Å². The average molecular weight is 444 g/mol. The highest BCUT2D eigenvalue weighted by Crippen LogP contribution is 2.28. The van der Waals surface area contributed by atoms with Crippen molar-refractivity contribution >= 4 is 33.2 Å². The molecule has 0 aliphatic carbocycles. The van der Waals surface area contributed by atoms with Crippen LogP contribution >= 0.6 is 0 Å². The van der Waals surface area contributed by atoms with E-state index in [2.05, 4.69) is 25.8 Å². The minimum atomic E-state index is -3.44. The van der Waals surface area contributed by atoms with Crippen LogP contribution in [-0.2, 0) is 14.6 Å². The number of sulfone groups is 1. The van der Waals surface area contributed by atoms with Crippen LogP contribution in [0.1, 0.15) is 29.7 Å². The third-order valence-electron chi connectivity index (χ3n) is 5.30. The molecule has 31 heavy (non-hydrogen) atoms. The lowest BCUT2D eigenvalue weighted by Crippen LogP contribution is -2.29. The molecule has 1 aliphatic rings. The number of rotatable bonds is 6. The molecular formula is C21H25N5O4S. The molecule has 4 rings (SSSR count). The van der Waals surface area contributed by atoms with E-state index in [0.717, 1.165) is 16.8 Å². The fourth-order valence-electron chi connectivity index (χ4n) is 3.43. The number of anilines is 4. The van der Waals surface area contributed by atoms with Crippen molar-refractivity contribution in [2.45, 2.75) is 43.8 Å². The van der Waals surface area contributed by atoms with Crippen LogP contribution in [0, 0.1) is 20.8 Å². The maximum absolute atomic E-state index is 13.1. The molecule has 9 nitrogen and oxygen atoms in total. The van der Waals surface area contributed by atoms with Crippen LogP contribution in [0.15, 0.2) is 39.9 Å². The summed E-state index contributed by atoms with van der Waals surface area (Å²) in [6.07, 6.45) is 2.62. The molecule has 0 radical (unpaired) electrons. The molecule has 2 aromatic heterocycles. The molecule has 1 fully saturated rings. The minimum absolute atomic E-state index is 0.295. The van der Waals surface area contributed by atoms with Crippen molar-refractivity contribution < 1.29 is 17.7 Å². The molecule has 1 saturated heterocycles. The lowest BCUT2D eigenvalue weighted by atomic mass is 10.2. The topological polar surface area (TPSA) is 119 Å². The van der Waals surface area contributed by atoms with Crippen molar-refractivity contribution in [1.29, 1.82) is 0 Å². The second kappa shape index (κ2) is 8.64. The highest BCUT2D eigenvalue weighted by atomic mass is 32.2. The Morgan fingerprint density at radius 2 is 1.84 bits per heavy atom. The van der Waals surface area contributed by atoms with Gasteiger partial charge < -0.3 is 19.9 Å². The summed E-state index contributed by atoms with van der Waals surface area (Å²) in [7, 11) is -3.44. The Morgan fingerprint density at radius 3 is 2.55 bits per heavy atom. The lowest BCUT2D eigenvalue weighted by molar-refractivity contribution is 0.0983. The summed E-state index contributed by atoms with van der Waals surface area (Å²) in [5.74, 6) is 1.38. The van der Waals surface area contributed by atoms with E-state index < -0.39 is 15.1 Å². The van der Waals surface area contributed by atoms with Crippen molar-refractivity contribution in [1.82, 2.24) is 15.1 Å². The van der Waals surface area contributed by atoms with Crippen molar-refractivity contribution in [3.8, 4) is 0 Å². The van der Waals surface area contributed by atoms with Gasteiger partial charge >= 0.3 is 0 Å². The molecule has 0 saturated carbocycles. The van der Waals surface area contributed by atoms with Gasteiger partial charge in [-0.3, -0.25) is 0 Å². The second-order valence-electron chi connectivity index (χ2n) is 7.63. The van der Waals surface area contributed by atoms with Crippen LogP contribution in [0.25, 0.3) is 0 Å². The average Bonchev–Trinajstić information content (AvgIpc) is 3.06. The summed E-state index contributed by atoms with van der Waals surface area (Å²) in [6.45, 7) is 6.57. The van der Waals surface area contributed by atoms with Crippen LogP contribution in [0.3, 0.4) is 0 Å². The van der Waals surface area contributed by atoms with Gasteiger partial charge in [-0.05, 0) is 63.4 Å². The van der Waals surface area contributed by atoms with Crippen molar-refractivity contribution in [3.63, 3.8) is 0 Å². The first kappa shape index (κ1) is 21.3. The number of ether oxygens (including phenoxy) is 1. The lowest BCUT2D eigenvalue weighted by Gasteiger charge is -2.22. The first-order valence-electron chi connectivity index (χ1n) is 10.1. The van der Waals surface area contributed by atoms with Crippen LogP contribution in [0.4, 0.5) is 23.3 Å². The van der Waals surface area contributed by atoms with E-state index in [0.29, 0.717) is 54.3 Å². The van der Waals surface area contributed by atoms with Crippen LogP contribution in [-0.4, -0.2) is 42.0 Å². The Kier molecular flexibility index (Phi) is 5.92. The molecule has 0 atom stereocenters. The van der Waals surface area contributed by atoms with Gasteiger partial charge in [-0.1, -0.05) is 5.16 Å². The van der Waals surface area contributed by atoms with Crippen LogP contribution < -0.4 is 10.6 Å². The van der Waals surface area contributed by atoms with E-state index in [-0.39, 0.29) is 0 Å². The van der Waals surface area contributed by atoms with Gasteiger partial charge in [0.15, 0.2) is 9.84 Å².